The fourth-order valence-corrected chi connectivity index (χ4v) is 3.28. The molecule has 1 heterocycles. The maximum absolute atomic E-state index is 10.5. The van der Waals surface area contributed by atoms with E-state index < -0.39 is 5.97 Å². The van der Waals surface area contributed by atoms with Crippen LogP contribution >= 0.6 is 11.3 Å². The summed E-state index contributed by atoms with van der Waals surface area (Å²) in [6.45, 7) is 0.866. The first-order valence-electron chi connectivity index (χ1n) is 6.14. The number of aliphatic carboxylic acids is 1. The van der Waals surface area contributed by atoms with Crippen LogP contribution < -0.4 is 0 Å². The topological polar surface area (TPSA) is 40.5 Å². The summed E-state index contributed by atoms with van der Waals surface area (Å²) in [5.41, 5.74) is 0. The van der Waals surface area contributed by atoms with E-state index in [0.717, 1.165) is 18.9 Å². The van der Waals surface area contributed by atoms with Crippen LogP contribution in [0.3, 0.4) is 0 Å². The molecule has 1 aromatic rings. The number of carboxylic acid groups (broad SMARTS) is 1. The van der Waals surface area contributed by atoms with Gasteiger partial charge in [0.25, 0.3) is 0 Å². The largest absolute Gasteiger partial charge is 0.481 e. The zero-order chi connectivity index (χ0) is 12.3. The highest BCUT2D eigenvalue weighted by Gasteiger charge is 2.35. The molecule has 0 bridgehead atoms. The second kappa shape index (κ2) is 5.65. The Morgan fingerprint density at radius 2 is 2.41 bits per heavy atom. The number of carboxylic acids is 1. The van der Waals surface area contributed by atoms with Crippen molar-refractivity contribution in [2.24, 2.45) is 5.92 Å². The Hall–Kier alpha value is -0.870. The van der Waals surface area contributed by atoms with Gasteiger partial charge in [0.15, 0.2) is 0 Å². The molecule has 1 N–H and O–H groups in total. The van der Waals surface area contributed by atoms with Gasteiger partial charge in [0.05, 0.1) is 0 Å². The van der Waals surface area contributed by atoms with Crippen molar-refractivity contribution in [1.82, 2.24) is 4.90 Å². The molecule has 1 aliphatic rings. The number of nitrogens with zero attached hydrogens (tertiary/aromatic N) is 1. The van der Waals surface area contributed by atoms with Gasteiger partial charge in [0.1, 0.15) is 0 Å². The molecule has 0 aromatic carbocycles. The fourth-order valence-electron chi connectivity index (χ4n) is 2.30. The van der Waals surface area contributed by atoms with Crippen molar-refractivity contribution in [3.05, 3.63) is 22.4 Å². The summed E-state index contributed by atoms with van der Waals surface area (Å²) in [5.74, 6) is 0.0842. The maximum Gasteiger partial charge on any atom is 0.303 e. The van der Waals surface area contributed by atoms with Gasteiger partial charge in [-0.25, -0.2) is 0 Å². The molecule has 94 valence electrons. The van der Waals surface area contributed by atoms with Gasteiger partial charge in [0, 0.05) is 17.3 Å². The molecule has 1 aliphatic carbocycles. The Morgan fingerprint density at radius 3 is 2.94 bits per heavy atom. The molecule has 17 heavy (non-hydrogen) atoms. The first kappa shape index (κ1) is 12.6. The van der Waals surface area contributed by atoms with Crippen LogP contribution in [0, 0.1) is 5.92 Å². The van der Waals surface area contributed by atoms with Crippen LogP contribution in [-0.2, 0) is 4.79 Å². The molecule has 1 fully saturated rings. The molecule has 0 amide bonds. The molecule has 4 heteroatoms. The minimum absolute atomic E-state index is 0.270. The number of carbonyl (C=O) groups is 1. The van der Waals surface area contributed by atoms with Crippen molar-refractivity contribution >= 4 is 17.3 Å². The molecule has 0 spiro atoms. The number of hydrogen-bond donors (Lipinski definition) is 1. The fraction of sp³-hybridized carbons (Fsp3) is 0.615. The molecule has 1 atom stereocenters. The van der Waals surface area contributed by atoms with Crippen molar-refractivity contribution < 1.29 is 9.90 Å². The van der Waals surface area contributed by atoms with E-state index in [1.165, 1.54) is 17.7 Å². The minimum Gasteiger partial charge on any atom is -0.481 e. The summed E-state index contributed by atoms with van der Waals surface area (Å²) in [4.78, 5) is 14.3. The van der Waals surface area contributed by atoms with Crippen LogP contribution in [0.1, 0.15) is 36.6 Å². The summed E-state index contributed by atoms with van der Waals surface area (Å²) in [6, 6.07) is 4.80. The lowest BCUT2D eigenvalue weighted by Gasteiger charge is -2.27. The number of thiophene rings is 1. The van der Waals surface area contributed by atoms with Crippen LogP contribution in [0.2, 0.25) is 0 Å². The maximum atomic E-state index is 10.5. The molecule has 0 saturated heterocycles. The molecule has 1 aromatic heterocycles. The molecule has 0 radical (unpaired) electrons. The first-order valence-corrected chi connectivity index (χ1v) is 7.02. The Labute approximate surface area is 106 Å². The van der Waals surface area contributed by atoms with Crippen LogP contribution in [0.4, 0.5) is 0 Å². The van der Waals surface area contributed by atoms with E-state index in [0.29, 0.717) is 6.04 Å². The van der Waals surface area contributed by atoms with E-state index in [1.54, 1.807) is 0 Å². The van der Waals surface area contributed by atoms with Gasteiger partial charge in [0.2, 0.25) is 0 Å². The lowest BCUT2D eigenvalue weighted by Crippen LogP contribution is -2.27. The molecular formula is C13H19NO2S. The van der Waals surface area contributed by atoms with Crippen molar-refractivity contribution in [3.8, 4) is 0 Å². The normalized spacial score (nSPS) is 17.3. The van der Waals surface area contributed by atoms with Crippen molar-refractivity contribution in [3.63, 3.8) is 0 Å². The number of hydrogen-bond acceptors (Lipinski definition) is 3. The lowest BCUT2D eigenvalue weighted by atomic mass is 10.1. The van der Waals surface area contributed by atoms with Crippen LogP contribution in [-0.4, -0.2) is 29.6 Å². The van der Waals surface area contributed by atoms with Gasteiger partial charge in [-0.2, -0.15) is 0 Å². The van der Waals surface area contributed by atoms with Crippen molar-refractivity contribution in [1.29, 1.82) is 0 Å². The SMILES string of the molecule is CN(CCCC(=O)O)C(c1cccs1)C1CC1. The van der Waals surface area contributed by atoms with Crippen molar-refractivity contribution in [2.75, 3.05) is 13.6 Å². The van der Waals surface area contributed by atoms with Gasteiger partial charge in [-0.15, -0.1) is 11.3 Å². The summed E-state index contributed by atoms with van der Waals surface area (Å²) in [6.07, 6.45) is 3.63. The Morgan fingerprint density at radius 1 is 1.65 bits per heavy atom. The molecular weight excluding hydrogens is 234 g/mol. The Kier molecular flexibility index (Phi) is 4.18. The standard InChI is InChI=1S/C13H19NO2S/c1-14(8-2-5-12(15)16)13(10-6-7-10)11-4-3-9-17-11/h3-4,9-10,13H,2,5-8H2,1H3,(H,15,16). The quantitative estimate of drug-likeness (QED) is 0.812. The average Bonchev–Trinajstić information content (AvgIpc) is 2.93. The second-order valence-corrected chi connectivity index (χ2v) is 5.75. The zero-order valence-electron chi connectivity index (χ0n) is 10.1. The molecule has 1 saturated carbocycles. The second-order valence-electron chi connectivity index (χ2n) is 4.78. The summed E-state index contributed by atoms with van der Waals surface area (Å²) >= 11 is 1.81. The Bertz CT molecular complexity index is 360. The molecule has 1 unspecified atom stereocenters. The third-order valence-electron chi connectivity index (χ3n) is 3.28. The van der Waals surface area contributed by atoms with Crippen LogP contribution in [0.25, 0.3) is 0 Å². The van der Waals surface area contributed by atoms with Crippen LogP contribution in [0.5, 0.6) is 0 Å². The molecule has 3 nitrogen and oxygen atoms in total. The third-order valence-corrected chi connectivity index (χ3v) is 4.22. The first-order chi connectivity index (χ1) is 8.18. The van der Waals surface area contributed by atoms with Gasteiger partial charge < -0.3 is 5.11 Å². The summed E-state index contributed by atoms with van der Waals surface area (Å²) in [5, 5.41) is 10.8. The average molecular weight is 253 g/mol. The van der Waals surface area contributed by atoms with Crippen molar-refractivity contribution in [2.45, 2.75) is 31.7 Å². The van der Waals surface area contributed by atoms with E-state index in [2.05, 4.69) is 29.5 Å². The van der Waals surface area contributed by atoms with Gasteiger partial charge in [-0.3, -0.25) is 9.69 Å². The Balaban J connectivity index is 1.90. The zero-order valence-corrected chi connectivity index (χ0v) is 10.9. The van der Waals surface area contributed by atoms with E-state index in [-0.39, 0.29) is 6.42 Å². The summed E-state index contributed by atoms with van der Waals surface area (Å²) in [7, 11) is 2.12. The number of rotatable bonds is 7. The van der Waals surface area contributed by atoms with Crippen LogP contribution in [0.15, 0.2) is 17.5 Å². The smallest absolute Gasteiger partial charge is 0.303 e. The summed E-state index contributed by atoms with van der Waals surface area (Å²) < 4.78 is 0. The molecule has 0 aliphatic heterocycles. The van der Waals surface area contributed by atoms with Gasteiger partial charge >= 0.3 is 5.97 Å². The predicted octanol–water partition coefficient (Wildman–Crippen LogP) is 3.00. The van der Waals surface area contributed by atoms with Gasteiger partial charge in [-0.05, 0) is 50.2 Å². The van der Waals surface area contributed by atoms with E-state index >= 15 is 0 Å². The monoisotopic (exact) mass is 253 g/mol. The lowest BCUT2D eigenvalue weighted by molar-refractivity contribution is -0.137. The van der Waals surface area contributed by atoms with E-state index in [1.807, 2.05) is 11.3 Å². The van der Waals surface area contributed by atoms with Gasteiger partial charge in [-0.1, -0.05) is 6.07 Å². The predicted molar refractivity (Wildman–Crippen MR) is 69.3 cm³/mol. The highest BCUT2D eigenvalue weighted by Crippen LogP contribution is 2.45. The third kappa shape index (κ3) is 3.54. The minimum atomic E-state index is -0.697. The van der Waals surface area contributed by atoms with E-state index in [4.69, 9.17) is 5.11 Å². The highest BCUT2D eigenvalue weighted by molar-refractivity contribution is 7.10. The van der Waals surface area contributed by atoms with E-state index in [9.17, 15) is 4.79 Å². The molecule has 2 rings (SSSR count). The highest BCUT2D eigenvalue weighted by atomic mass is 32.1.